The molecular formula is C16H21Cl2N3. The first kappa shape index (κ1) is 15.1. The molecule has 3 rings (SSSR count). The molecule has 0 amide bonds. The summed E-state index contributed by atoms with van der Waals surface area (Å²) in [6.45, 7) is 3.43. The maximum atomic E-state index is 6.06. The highest BCUT2D eigenvalue weighted by atomic mass is 35.5. The summed E-state index contributed by atoms with van der Waals surface area (Å²) < 4.78 is 2.26. The average Bonchev–Trinajstić information content (AvgIpc) is 2.83. The second-order valence-corrected chi connectivity index (χ2v) is 6.69. The van der Waals surface area contributed by atoms with Crippen LogP contribution in [0.4, 0.5) is 0 Å². The van der Waals surface area contributed by atoms with Gasteiger partial charge < -0.3 is 9.47 Å². The number of imidazole rings is 1. The van der Waals surface area contributed by atoms with Gasteiger partial charge in [-0.05, 0) is 63.5 Å². The molecule has 1 fully saturated rings. The molecule has 1 aromatic heterocycles. The van der Waals surface area contributed by atoms with Crippen LogP contribution in [0.25, 0.3) is 11.0 Å². The zero-order valence-corrected chi connectivity index (χ0v) is 13.9. The van der Waals surface area contributed by atoms with Gasteiger partial charge >= 0.3 is 0 Å². The van der Waals surface area contributed by atoms with Crippen molar-refractivity contribution in [2.24, 2.45) is 5.92 Å². The van der Waals surface area contributed by atoms with E-state index in [1.54, 1.807) is 0 Å². The largest absolute Gasteiger partial charge is 0.327 e. The Labute approximate surface area is 135 Å². The number of benzene rings is 1. The molecule has 1 aliphatic heterocycles. The lowest BCUT2D eigenvalue weighted by Crippen LogP contribution is -2.30. The Morgan fingerprint density at radius 2 is 2.05 bits per heavy atom. The van der Waals surface area contributed by atoms with Gasteiger partial charge in [0, 0.05) is 11.6 Å². The zero-order chi connectivity index (χ0) is 14.8. The van der Waals surface area contributed by atoms with E-state index in [1.807, 2.05) is 12.1 Å². The Morgan fingerprint density at radius 3 is 2.76 bits per heavy atom. The van der Waals surface area contributed by atoms with Crippen LogP contribution >= 0.6 is 23.2 Å². The van der Waals surface area contributed by atoms with Crippen molar-refractivity contribution >= 4 is 34.2 Å². The first-order valence-corrected chi connectivity index (χ1v) is 8.48. The van der Waals surface area contributed by atoms with E-state index in [2.05, 4.69) is 27.6 Å². The second-order valence-electron chi connectivity index (χ2n) is 5.98. The topological polar surface area (TPSA) is 21.1 Å². The molecule has 114 valence electrons. The van der Waals surface area contributed by atoms with E-state index < -0.39 is 0 Å². The predicted molar refractivity (Wildman–Crippen MR) is 89.1 cm³/mol. The van der Waals surface area contributed by atoms with Crippen LogP contribution in [0.15, 0.2) is 18.2 Å². The molecule has 5 heteroatoms. The lowest BCUT2D eigenvalue weighted by atomic mass is 9.94. The number of piperidine rings is 1. The summed E-state index contributed by atoms with van der Waals surface area (Å²) in [6, 6.07) is 5.89. The van der Waals surface area contributed by atoms with Crippen molar-refractivity contribution in [2.75, 3.05) is 20.1 Å². The molecule has 0 radical (unpaired) electrons. The summed E-state index contributed by atoms with van der Waals surface area (Å²) in [5.74, 6) is 2.20. The Morgan fingerprint density at radius 1 is 1.29 bits per heavy atom. The summed E-state index contributed by atoms with van der Waals surface area (Å²) in [4.78, 5) is 7.02. The van der Waals surface area contributed by atoms with Crippen LogP contribution in [-0.2, 0) is 12.4 Å². The van der Waals surface area contributed by atoms with Gasteiger partial charge in [0.2, 0.25) is 0 Å². The first-order chi connectivity index (χ1) is 10.2. The van der Waals surface area contributed by atoms with E-state index in [-0.39, 0.29) is 0 Å². The molecule has 0 saturated carbocycles. The summed E-state index contributed by atoms with van der Waals surface area (Å²) in [5, 5.41) is 0.726. The quantitative estimate of drug-likeness (QED) is 0.787. The zero-order valence-electron chi connectivity index (χ0n) is 12.4. The number of nitrogens with zero attached hydrogens (tertiary/aromatic N) is 3. The monoisotopic (exact) mass is 325 g/mol. The lowest BCUT2D eigenvalue weighted by molar-refractivity contribution is 0.208. The van der Waals surface area contributed by atoms with E-state index in [9.17, 15) is 0 Å². The summed E-state index contributed by atoms with van der Waals surface area (Å²) in [5.41, 5.74) is 2.09. The molecule has 1 aliphatic rings. The number of rotatable bonds is 4. The van der Waals surface area contributed by atoms with Gasteiger partial charge in [-0.1, -0.05) is 11.6 Å². The number of hydrogen-bond acceptors (Lipinski definition) is 2. The smallest absolute Gasteiger partial charge is 0.124 e. The molecule has 3 nitrogen and oxygen atoms in total. The molecule has 0 atom stereocenters. The summed E-state index contributed by atoms with van der Waals surface area (Å²) in [7, 11) is 2.20. The number of aromatic nitrogens is 2. The SMILES string of the molecule is CN1CCC(CCn2c(CCl)nc3cc(Cl)ccc32)CC1. The van der Waals surface area contributed by atoms with Crippen LogP contribution in [0.5, 0.6) is 0 Å². The van der Waals surface area contributed by atoms with Gasteiger partial charge in [0.1, 0.15) is 5.82 Å². The van der Waals surface area contributed by atoms with Gasteiger partial charge in [-0.15, -0.1) is 11.6 Å². The van der Waals surface area contributed by atoms with Crippen LogP contribution in [0.1, 0.15) is 25.1 Å². The van der Waals surface area contributed by atoms with Crippen molar-refractivity contribution in [1.82, 2.24) is 14.5 Å². The molecule has 1 aromatic carbocycles. The molecule has 0 aliphatic carbocycles. The van der Waals surface area contributed by atoms with Crippen LogP contribution in [0.2, 0.25) is 5.02 Å². The van der Waals surface area contributed by atoms with Crippen molar-refractivity contribution in [1.29, 1.82) is 0 Å². The molecule has 0 unspecified atom stereocenters. The maximum absolute atomic E-state index is 6.06. The normalized spacial score (nSPS) is 17.7. The van der Waals surface area contributed by atoms with E-state index in [0.29, 0.717) is 5.88 Å². The summed E-state index contributed by atoms with van der Waals surface area (Å²) in [6.07, 6.45) is 3.79. The number of alkyl halides is 1. The minimum atomic E-state index is 0.444. The van der Waals surface area contributed by atoms with E-state index in [4.69, 9.17) is 23.2 Å². The van der Waals surface area contributed by atoms with Gasteiger partial charge in [0.25, 0.3) is 0 Å². The molecule has 1 saturated heterocycles. The number of fused-ring (bicyclic) bond motifs is 1. The number of hydrogen-bond donors (Lipinski definition) is 0. The minimum absolute atomic E-state index is 0.444. The third-order valence-electron chi connectivity index (χ3n) is 4.51. The maximum Gasteiger partial charge on any atom is 0.124 e. The molecule has 21 heavy (non-hydrogen) atoms. The highest BCUT2D eigenvalue weighted by molar-refractivity contribution is 6.31. The Bertz CT molecular complexity index is 615. The van der Waals surface area contributed by atoms with Gasteiger partial charge in [0.05, 0.1) is 16.9 Å². The van der Waals surface area contributed by atoms with Gasteiger partial charge in [-0.2, -0.15) is 0 Å². The molecule has 0 N–H and O–H groups in total. The number of aryl methyl sites for hydroxylation is 1. The van der Waals surface area contributed by atoms with Gasteiger partial charge in [0.15, 0.2) is 0 Å². The van der Waals surface area contributed by atoms with Crippen LogP contribution in [0, 0.1) is 5.92 Å². The van der Waals surface area contributed by atoms with Crippen molar-refractivity contribution in [3.63, 3.8) is 0 Å². The Balaban J connectivity index is 1.76. The fraction of sp³-hybridized carbons (Fsp3) is 0.562. The Kier molecular flexibility index (Phi) is 4.72. The van der Waals surface area contributed by atoms with Gasteiger partial charge in [-0.25, -0.2) is 4.98 Å². The van der Waals surface area contributed by atoms with Crippen molar-refractivity contribution in [2.45, 2.75) is 31.7 Å². The molecule has 2 aromatic rings. The molecule has 2 heterocycles. The molecular weight excluding hydrogens is 305 g/mol. The third kappa shape index (κ3) is 3.36. The van der Waals surface area contributed by atoms with Crippen molar-refractivity contribution < 1.29 is 0 Å². The van der Waals surface area contributed by atoms with Gasteiger partial charge in [-0.3, -0.25) is 0 Å². The van der Waals surface area contributed by atoms with Crippen molar-refractivity contribution in [3.05, 3.63) is 29.0 Å². The Hall–Kier alpha value is -0.770. The fourth-order valence-electron chi connectivity index (χ4n) is 3.17. The van der Waals surface area contributed by atoms with Crippen LogP contribution < -0.4 is 0 Å². The van der Waals surface area contributed by atoms with Crippen LogP contribution in [-0.4, -0.2) is 34.6 Å². The second kappa shape index (κ2) is 6.55. The predicted octanol–water partition coefficient (Wildman–Crippen LogP) is 4.16. The molecule has 0 bridgehead atoms. The standard InChI is InChI=1S/C16H21Cl2N3/c1-20-7-4-12(5-8-20)6-9-21-15-3-2-13(18)10-14(15)19-16(21)11-17/h2-3,10,12H,4-9,11H2,1H3. The fourth-order valence-corrected chi connectivity index (χ4v) is 3.54. The molecule has 0 spiro atoms. The number of halogens is 2. The van der Waals surface area contributed by atoms with E-state index >= 15 is 0 Å². The third-order valence-corrected chi connectivity index (χ3v) is 4.98. The first-order valence-electron chi connectivity index (χ1n) is 7.56. The van der Waals surface area contributed by atoms with Crippen LogP contribution in [0.3, 0.4) is 0 Å². The minimum Gasteiger partial charge on any atom is -0.327 e. The van der Waals surface area contributed by atoms with E-state index in [0.717, 1.165) is 34.3 Å². The summed E-state index contributed by atoms with van der Waals surface area (Å²) >= 11 is 12.1. The average molecular weight is 326 g/mol. The highest BCUT2D eigenvalue weighted by Crippen LogP contribution is 2.25. The lowest BCUT2D eigenvalue weighted by Gasteiger charge is -2.29. The van der Waals surface area contributed by atoms with E-state index in [1.165, 1.54) is 32.4 Å². The number of likely N-dealkylation sites (tertiary alicyclic amines) is 1. The highest BCUT2D eigenvalue weighted by Gasteiger charge is 2.18. The van der Waals surface area contributed by atoms with Crippen molar-refractivity contribution in [3.8, 4) is 0 Å².